The van der Waals surface area contributed by atoms with Crippen LogP contribution < -0.4 is 11.3 Å². The van der Waals surface area contributed by atoms with Gasteiger partial charge in [-0.3, -0.25) is 0 Å². The zero-order valence-electron chi connectivity index (χ0n) is 10.5. The number of nitrogens with two attached hydrogens (primary N) is 1. The molecule has 0 fully saturated rings. The minimum absolute atomic E-state index is 0.138. The van der Waals surface area contributed by atoms with E-state index in [-0.39, 0.29) is 5.41 Å². The molecule has 2 rings (SSSR count). The van der Waals surface area contributed by atoms with Crippen molar-refractivity contribution in [1.29, 1.82) is 0 Å². The van der Waals surface area contributed by atoms with E-state index < -0.39 is 0 Å². The van der Waals surface area contributed by atoms with E-state index >= 15 is 0 Å². The zero-order chi connectivity index (χ0) is 12.0. The summed E-state index contributed by atoms with van der Waals surface area (Å²) in [5.41, 5.74) is 5.38. The van der Waals surface area contributed by atoms with Crippen LogP contribution in [-0.4, -0.2) is 10.2 Å². The summed E-state index contributed by atoms with van der Waals surface area (Å²) in [6.45, 7) is 9.09. The minimum Gasteiger partial charge on any atom is -0.307 e. The van der Waals surface area contributed by atoms with Gasteiger partial charge in [0.1, 0.15) is 0 Å². The summed E-state index contributed by atoms with van der Waals surface area (Å²) in [6, 6.07) is 2.03. The lowest BCUT2D eigenvalue weighted by molar-refractivity contribution is 0.226. The van der Waals surface area contributed by atoms with Gasteiger partial charge in [0.2, 0.25) is 0 Å². The fourth-order valence-electron chi connectivity index (χ4n) is 3.01. The van der Waals surface area contributed by atoms with E-state index in [4.69, 9.17) is 5.84 Å². The highest BCUT2D eigenvalue weighted by atomic mass is 15.3. The second-order valence-electron chi connectivity index (χ2n) is 6.14. The molecule has 4 nitrogen and oxygen atoms in total. The van der Waals surface area contributed by atoms with E-state index in [0.29, 0.717) is 11.2 Å². The second kappa shape index (κ2) is 3.42. The summed E-state index contributed by atoms with van der Waals surface area (Å²) in [6.07, 6.45) is 2.15. The Bertz CT molecular complexity index is 409. The highest BCUT2D eigenvalue weighted by Crippen LogP contribution is 2.44. The van der Waals surface area contributed by atoms with Crippen molar-refractivity contribution in [3.05, 3.63) is 17.3 Å². The van der Waals surface area contributed by atoms with Crippen LogP contribution in [-0.2, 0) is 11.8 Å². The van der Waals surface area contributed by atoms with Gasteiger partial charge in [0.15, 0.2) is 5.82 Å². The molecule has 0 aromatic carbocycles. The maximum absolute atomic E-state index is 5.37. The van der Waals surface area contributed by atoms with Gasteiger partial charge in [0.05, 0.1) is 5.69 Å². The number of anilines is 1. The average molecular weight is 220 g/mol. The third-order valence-electron chi connectivity index (χ3n) is 3.31. The smallest absolute Gasteiger partial charge is 0.162 e. The van der Waals surface area contributed by atoms with Crippen LogP contribution in [0.25, 0.3) is 0 Å². The van der Waals surface area contributed by atoms with Crippen molar-refractivity contribution >= 4 is 5.82 Å². The SMILES string of the molecule is CC1(C)Cc2nnc(NN)cc2C(C)(C)C1. The summed E-state index contributed by atoms with van der Waals surface area (Å²) in [5.74, 6) is 6.02. The lowest BCUT2D eigenvalue weighted by Crippen LogP contribution is -2.35. The lowest BCUT2D eigenvalue weighted by atomic mass is 9.64. The van der Waals surface area contributed by atoms with E-state index in [0.717, 1.165) is 18.5 Å². The molecule has 0 atom stereocenters. The van der Waals surface area contributed by atoms with E-state index in [1.807, 2.05) is 6.07 Å². The molecule has 0 bridgehead atoms. The van der Waals surface area contributed by atoms with Crippen LogP contribution in [0, 0.1) is 5.41 Å². The van der Waals surface area contributed by atoms with Gasteiger partial charge in [-0.25, -0.2) is 5.84 Å². The molecule has 0 saturated heterocycles. The predicted molar refractivity (Wildman–Crippen MR) is 65.0 cm³/mol. The number of nitrogens with one attached hydrogen (secondary N) is 1. The number of hydrogen-bond acceptors (Lipinski definition) is 4. The first-order chi connectivity index (χ1) is 7.34. The summed E-state index contributed by atoms with van der Waals surface area (Å²) in [5, 5.41) is 8.34. The first-order valence-electron chi connectivity index (χ1n) is 5.68. The number of hydrazine groups is 1. The van der Waals surface area contributed by atoms with Gasteiger partial charge in [-0.05, 0) is 35.3 Å². The summed E-state index contributed by atoms with van der Waals surface area (Å²) >= 11 is 0. The first kappa shape index (κ1) is 11.3. The van der Waals surface area contributed by atoms with Crippen LogP contribution in [0.5, 0.6) is 0 Å². The van der Waals surface area contributed by atoms with Crippen LogP contribution in [0.1, 0.15) is 45.4 Å². The van der Waals surface area contributed by atoms with Crippen LogP contribution in [0.3, 0.4) is 0 Å². The molecule has 0 spiro atoms. The highest BCUT2D eigenvalue weighted by molar-refractivity contribution is 5.42. The van der Waals surface area contributed by atoms with Crippen molar-refractivity contribution < 1.29 is 0 Å². The molecule has 1 aromatic rings. The van der Waals surface area contributed by atoms with Crippen molar-refractivity contribution in [2.24, 2.45) is 11.3 Å². The topological polar surface area (TPSA) is 63.8 Å². The van der Waals surface area contributed by atoms with Crippen molar-refractivity contribution in [1.82, 2.24) is 10.2 Å². The second-order valence-corrected chi connectivity index (χ2v) is 6.14. The summed E-state index contributed by atoms with van der Waals surface area (Å²) in [4.78, 5) is 0. The van der Waals surface area contributed by atoms with Crippen LogP contribution >= 0.6 is 0 Å². The van der Waals surface area contributed by atoms with Gasteiger partial charge >= 0.3 is 0 Å². The Morgan fingerprint density at radius 3 is 2.56 bits per heavy atom. The molecule has 88 valence electrons. The molecule has 1 heterocycles. The van der Waals surface area contributed by atoms with Crippen LogP contribution in [0.15, 0.2) is 6.07 Å². The first-order valence-corrected chi connectivity index (χ1v) is 5.68. The molecule has 4 heteroatoms. The quantitative estimate of drug-likeness (QED) is 0.561. The molecule has 0 radical (unpaired) electrons. The monoisotopic (exact) mass is 220 g/mol. The number of nitrogens with zero attached hydrogens (tertiary/aromatic N) is 2. The maximum Gasteiger partial charge on any atom is 0.162 e. The molecule has 1 aliphatic carbocycles. The standard InChI is InChI=1S/C12H20N4/c1-11(2)6-9-8(12(3,4)7-11)5-10(14-13)16-15-9/h5H,6-7,13H2,1-4H3,(H,14,16). The maximum atomic E-state index is 5.37. The van der Waals surface area contributed by atoms with Crippen LogP contribution in [0.2, 0.25) is 0 Å². The molecular weight excluding hydrogens is 200 g/mol. The van der Waals surface area contributed by atoms with Gasteiger partial charge in [0.25, 0.3) is 0 Å². The van der Waals surface area contributed by atoms with Crippen LogP contribution in [0.4, 0.5) is 5.82 Å². The highest BCUT2D eigenvalue weighted by Gasteiger charge is 2.38. The Morgan fingerprint density at radius 1 is 1.25 bits per heavy atom. The van der Waals surface area contributed by atoms with Crippen molar-refractivity contribution in [3.8, 4) is 0 Å². The normalized spacial score (nSPS) is 21.3. The third-order valence-corrected chi connectivity index (χ3v) is 3.31. The van der Waals surface area contributed by atoms with Crippen molar-refractivity contribution in [3.63, 3.8) is 0 Å². The zero-order valence-corrected chi connectivity index (χ0v) is 10.5. The van der Waals surface area contributed by atoms with Crippen molar-refractivity contribution in [2.75, 3.05) is 5.43 Å². The van der Waals surface area contributed by atoms with E-state index in [1.165, 1.54) is 5.56 Å². The van der Waals surface area contributed by atoms with Gasteiger partial charge < -0.3 is 5.43 Å². The van der Waals surface area contributed by atoms with Gasteiger partial charge in [-0.2, -0.15) is 5.10 Å². The molecule has 0 aliphatic heterocycles. The number of nitrogen functional groups attached to an aromatic ring is 1. The number of aromatic nitrogens is 2. The Hall–Kier alpha value is -1.16. The molecule has 1 aromatic heterocycles. The molecule has 0 amide bonds. The van der Waals surface area contributed by atoms with Gasteiger partial charge in [-0.1, -0.05) is 27.7 Å². The van der Waals surface area contributed by atoms with Gasteiger partial charge in [0, 0.05) is 0 Å². The Labute approximate surface area is 96.6 Å². The molecule has 3 N–H and O–H groups in total. The van der Waals surface area contributed by atoms with E-state index in [1.54, 1.807) is 0 Å². The fraction of sp³-hybridized carbons (Fsp3) is 0.667. The van der Waals surface area contributed by atoms with E-state index in [2.05, 4.69) is 43.3 Å². The number of rotatable bonds is 1. The molecule has 0 saturated carbocycles. The average Bonchev–Trinajstić information content (AvgIpc) is 2.14. The fourth-order valence-corrected chi connectivity index (χ4v) is 3.01. The summed E-state index contributed by atoms with van der Waals surface area (Å²) < 4.78 is 0. The minimum atomic E-state index is 0.138. The van der Waals surface area contributed by atoms with E-state index in [9.17, 15) is 0 Å². The van der Waals surface area contributed by atoms with Gasteiger partial charge in [-0.15, -0.1) is 5.10 Å². The third kappa shape index (κ3) is 1.89. The number of fused-ring (bicyclic) bond motifs is 1. The molecule has 0 unspecified atom stereocenters. The largest absolute Gasteiger partial charge is 0.307 e. The van der Waals surface area contributed by atoms with Crippen molar-refractivity contribution in [2.45, 2.75) is 46.0 Å². The Morgan fingerprint density at radius 2 is 1.94 bits per heavy atom. The Kier molecular flexibility index (Phi) is 2.42. The Balaban J connectivity index is 2.51. The molecular formula is C12H20N4. The molecule has 1 aliphatic rings. The molecule has 16 heavy (non-hydrogen) atoms. The summed E-state index contributed by atoms with van der Waals surface area (Å²) in [7, 11) is 0. The lowest BCUT2D eigenvalue weighted by Gasteiger charge is -2.41. The number of hydrogen-bond donors (Lipinski definition) is 2. The predicted octanol–water partition coefficient (Wildman–Crippen LogP) is 2.01.